The van der Waals surface area contributed by atoms with E-state index in [2.05, 4.69) is 35.5 Å². The summed E-state index contributed by atoms with van der Waals surface area (Å²) in [6, 6.07) is 6.92. The van der Waals surface area contributed by atoms with Crippen molar-refractivity contribution in [3.05, 3.63) is 66.9 Å². The van der Waals surface area contributed by atoms with E-state index in [0.717, 1.165) is 11.2 Å². The molecule has 6 aromatic rings. The number of aromatic nitrogens is 8. The number of H-pyrrole nitrogens is 2. The first-order valence-corrected chi connectivity index (χ1v) is 12.0. The van der Waals surface area contributed by atoms with Gasteiger partial charge in [0.1, 0.15) is 23.4 Å². The predicted molar refractivity (Wildman–Crippen MR) is 142 cm³/mol. The van der Waals surface area contributed by atoms with E-state index < -0.39 is 11.2 Å². The second-order valence-electron chi connectivity index (χ2n) is 10.1. The number of benzene rings is 1. The lowest BCUT2D eigenvalue weighted by atomic mass is 9.95. The summed E-state index contributed by atoms with van der Waals surface area (Å²) in [7, 11) is 0. The molecule has 190 valence electrons. The molecule has 0 aliphatic rings. The van der Waals surface area contributed by atoms with Gasteiger partial charge in [0, 0.05) is 35.1 Å². The number of fused-ring (bicyclic) bond motifs is 2. The Labute approximate surface area is 216 Å². The number of carbonyl (C=O) groups is 1. The smallest absolute Gasteiger partial charge is 0.229 e. The molecule has 0 spiro atoms. The van der Waals surface area contributed by atoms with Crippen molar-refractivity contribution >= 4 is 33.5 Å². The highest BCUT2D eigenvalue weighted by atomic mass is 19.1. The van der Waals surface area contributed by atoms with E-state index in [1.54, 1.807) is 47.6 Å². The molecule has 0 atom stereocenters. The molecule has 1 aromatic carbocycles. The van der Waals surface area contributed by atoms with Gasteiger partial charge >= 0.3 is 0 Å². The van der Waals surface area contributed by atoms with Crippen molar-refractivity contribution in [3.8, 4) is 28.5 Å². The van der Waals surface area contributed by atoms with Crippen LogP contribution in [0.25, 0.3) is 50.4 Å². The van der Waals surface area contributed by atoms with Gasteiger partial charge in [-0.15, -0.1) is 0 Å². The van der Waals surface area contributed by atoms with Gasteiger partial charge < -0.3 is 10.3 Å². The minimum Gasteiger partial charge on any atom is -0.336 e. The van der Waals surface area contributed by atoms with E-state index in [-0.39, 0.29) is 5.91 Å². The molecule has 3 N–H and O–H groups in total. The Morgan fingerprint density at radius 2 is 1.95 bits per heavy atom. The van der Waals surface area contributed by atoms with Gasteiger partial charge in [0.05, 0.1) is 34.0 Å². The van der Waals surface area contributed by atoms with Gasteiger partial charge in [-0.3, -0.25) is 19.4 Å². The summed E-state index contributed by atoms with van der Waals surface area (Å²) in [6.45, 7) is 7.36. The lowest BCUT2D eigenvalue weighted by Crippen LogP contribution is -2.27. The molecule has 0 radical (unpaired) electrons. The SMILES string of the molecule is Cc1cn(-c2nccc3[nH]c(-c4n[nH]c5ccc(-c6cncc(NC(=O)C(C)(C)C)c6)c(F)c45)nc23)cn1. The normalized spacial score (nSPS) is 11.9. The van der Waals surface area contributed by atoms with Crippen LogP contribution in [0.3, 0.4) is 0 Å². The highest BCUT2D eigenvalue weighted by molar-refractivity contribution is 5.98. The van der Waals surface area contributed by atoms with Gasteiger partial charge in [0.25, 0.3) is 0 Å². The Kier molecular flexibility index (Phi) is 5.30. The Bertz CT molecular complexity index is 1840. The number of aryl methyl sites for hydroxylation is 1. The second kappa shape index (κ2) is 8.58. The lowest BCUT2D eigenvalue weighted by molar-refractivity contribution is -0.123. The van der Waals surface area contributed by atoms with Crippen LogP contribution in [0.5, 0.6) is 0 Å². The van der Waals surface area contributed by atoms with Gasteiger partial charge in [-0.05, 0) is 31.2 Å². The average Bonchev–Trinajstić information content (AvgIpc) is 3.61. The number of nitrogens with zero attached hydrogens (tertiary/aromatic N) is 6. The number of rotatable bonds is 4. The zero-order valence-corrected chi connectivity index (χ0v) is 21.2. The van der Waals surface area contributed by atoms with Gasteiger partial charge in [-0.1, -0.05) is 20.8 Å². The minimum atomic E-state index is -0.579. The van der Waals surface area contributed by atoms with Gasteiger partial charge in [-0.2, -0.15) is 5.10 Å². The van der Waals surface area contributed by atoms with Crippen LogP contribution in [-0.2, 0) is 4.79 Å². The maximum atomic E-state index is 16.1. The molecule has 0 saturated heterocycles. The number of halogens is 1. The Morgan fingerprint density at radius 1 is 1.11 bits per heavy atom. The minimum absolute atomic E-state index is 0.158. The zero-order valence-electron chi connectivity index (χ0n) is 21.2. The summed E-state index contributed by atoms with van der Waals surface area (Å²) in [5.41, 5.74) is 3.82. The van der Waals surface area contributed by atoms with Crippen LogP contribution in [0.4, 0.5) is 10.1 Å². The van der Waals surface area contributed by atoms with Crippen LogP contribution in [0.15, 0.2) is 55.4 Å². The zero-order chi connectivity index (χ0) is 26.6. The van der Waals surface area contributed by atoms with E-state index in [9.17, 15) is 4.79 Å². The number of pyridine rings is 2. The maximum absolute atomic E-state index is 16.1. The summed E-state index contributed by atoms with van der Waals surface area (Å²) in [6.07, 6.45) is 8.30. The predicted octanol–water partition coefficient (Wildman–Crippen LogP) is 5.18. The fourth-order valence-electron chi connectivity index (χ4n) is 4.20. The van der Waals surface area contributed by atoms with E-state index in [1.807, 2.05) is 33.9 Å². The third-order valence-electron chi connectivity index (χ3n) is 6.22. The number of hydrogen-bond donors (Lipinski definition) is 3. The number of carbonyl (C=O) groups excluding carboxylic acids is 1. The first-order chi connectivity index (χ1) is 18.2. The summed E-state index contributed by atoms with van der Waals surface area (Å²) in [5, 5.41) is 10.4. The molecule has 0 fully saturated rings. The Morgan fingerprint density at radius 3 is 2.71 bits per heavy atom. The van der Waals surface area contributed by atoms with Gasteiger partial charge in [-0.25, -0.2) is 19.3 Å². The standard InChI is InChI=1S/C27H24FN9O/c1-14-12-37(13-31-14)25-22-19(7-8-30-25)33-24(34-22)23-20-18(35-36-23)6-5-17(21(20)28)15-9-16(11-29-10-15)32-26(38)27(2,3)4/h5-13H,1-4H3,(H,32,38)(H,33,34)(H,35,36). The van der Waals surface area contributed by atoms with E-state index in [4.69, 9.17) is 4.98 Å². The molecule has 6 rings (SSSR count). The Balaban J connectivity index is 1.44. The van der Waals surface area contributed by atoms with Gasteiger partial charge in [0.2, 0.25) is 5.91 Å². The van der Waals surface area contributed by atoms with Crippen LogP contribution >= 0.6 is 0 Å². The lowest BCUT2D eigenvalue weighted by Gasteiger charge is -2.17. The van der Waals surface area contributed by atoms with E-state index >= 15 is 4.39 Å². The summed E-state index contributed by atoms with van der Waals surface area (Å²) >= 11 is 0. The van der Waals surface area contributed by atoms with E-state index in [0.29, 0.717) is 50.6 Å². The van der Waals surface area contributed by atoms with Crippen LogP contribution in [-0.4, -0.2) is 45.6 Å². The van der Waals surface area contributed by atoms with Crippen LogP contribution in [0.1, 0.15) is 26.5 Å². The quantitative estimate of drug-likeness (QED) is 0.300. The van der Waals surface area contributed by atoms with Gasteiger partial charge in [0.15, 0.2) is 11.6 Å². The van der Waals surface area contributed by atoms with Crippen LogP contribution in [0, 0.1) is 18.2 Å². The monoisotopic (exact) mass is 509 g/mol. The van der Waals surface area contributed by atoms with Crippen molar-refractivity contribution in [2.75, 3.05) is 5.32 Å². The number of amides is 1. The molecule has 0 saturated carbocycles. The topological polar surface area (TPSA) is 130 Å². The van der Waals surface area contributed by atoms with Crippen molar-refractivity contribution in [2.24, 2.45) is 5.41 Å². The van der Waals surface area contributed by atoms with Crippen molar-refractivity contribution in [3.63, 3.8) is 0 Å². The molecule has 5 heterocycles. The third kappa shape index (κ3) is 3.97. The fraction of sp³-hybridized carbons (Fsp3) is 0.185. The molecule has 0 aliphatic heterocycles. The van der Waals surface area contributed by atoms with Crippen molar-refractivity contribution in [1.82, 2.24) is 39.7 Å². The molecular formula is C27H24FN9O. The molecule has 0 unspecified atom stereocenters. The molecule has 5 aromatic heterocycles. The summed E-state index contributed by atoms with van der Waals surface area (Å²) in [4.78, 5) is 33.4. The highest BCUT2D eigenvalue weighted by Gasteiger charge is 2.23. The summed E-state index contributed by atoms with van der Waals surface area (Å²) in [5.74, 6) is 0.370. The number of aromatic amines is 2. The number of nitrogens with one attached hydrogen (secondary N) is 3. The fourth-order valence-corrected chi connectivity index (χ4v) is 4.20. The molecule has 11 heteroatoms. The van der Waals surface area contributed by atoms with Crippen LogP contribution < -0.4 is 5.32 Å². The molecule has 0 aliphatic carbocycles. The van der Waals surface area contributed by atoms with E-state index in [1.165, 1.54) is 6.20 Å². The number of imidazole rings is 2. The molecule has 1 amide bonds. The van der Waals surface area contributed by atoms with Crippen molar-refractivity contribution in [1.29, 1.82) is 0 Å². The average molecular weight is 510 g/mol. The third-order valence-corrected chi connectivity index (χ3v) is 6.22. The maximum Gasteiger partial charge on any atom is 0.229 e. The molecular weight excluding hydrogens is 485 g/mol. The largest absolute Gasteiger partial charge is 0.336 e. The number of anilines is 1. The first-order valence-electron chi connectivity index (χ1n) is 12.0. The summed E-state index contributed by atoms with van der Waals surface area (Å²) < 4.78 is 17.9. The van der Waals surface area contributed by atoms with Crippen molar-refractivity contribution < 1.29 is 9.18 Å². The molecule has 0 bridgehead atoms. The first kappa shape index (κ1) is 23.5. The molecule has 38 heavy (non-hydrogen) atoms. The molecule has 10 nitrogen and oxygen atoms in total. The highest BCUT2D eigenvalue weighted by Crippen LogP contribution is 2.35. The van der Waals surface area contributed by atoms with Crippen molar-refractivity contribution in [2.45, 2.75) is 27.7 Å². The van der Waals surface area contributed by atoms with Crippen LogP contribution in [0.2, 0.25) is 0 Å². The number of hydrogen-bond acceptors (Lipinski definition) is 6. The second-order valence-corrected chi connectivity index (χ2v) is 10.1. The Hall–Kier alpha value is -4.93.